The van der Waals surface area contributed by atoms with Gasteiger partial charge in [-0.05, 0) is 0 Å². The number of nitrogens with one attached hydrogen (secondary N) is 3. The molecule has 9 N–H and O–H groups in total. The highest BCUT2D eigenvalue weighted by molar-refractivity contribution is 7.46. The Hall–Kier alpha value is -2.06. The van der Waals surface area contributed by atoms with Crippen LogP contribution in [0.2, 0.25) is 0 Å². The second kappa shape index (κ2) is 7.45. The molecule has 0 aliphatic carbocycles. The number of anilines is 2. The molecule has 2 amide bonds. The number of carbonyl (C=O) groups is 2. The highest BCUT2D eigenvalue weighted by Crippen LogP contribution is 2.41. The first-order chi connectivity index (χ1) is 11.7. The number of ether oxygens (including phenoxy) is 1. The summed E-state index contributed by atoms with van der Waals surface area (Å²) in [7, 11) is -5.02. The molecule has 0 bridgehead atoms. The van der Waals surface area contributed by atoms with Gasteiger partial charge >= 0.3 is 7.82 Å². The predicted octanol–water partition coefficient (Wildman–Crippen LogP) is -3.15. The fraction of sp³-hybridized carbons (Fsp3) is 0.500. The van der Waals surface area contributed by atoms with Gasteiger partial charge in [-0.2, -0.15) is 0 Å². The van der Waals surface area contributed by atoms with Gasteiger partial charge in [-0.1, -0.05) is 0 Å². The van der Waals surface area contributed by atoms with Crippen LogP contribution in [0.5, 0.6) is 0 Å². The molecule has 14 nitrogen and oxygen atoms in total. The molecular formula is C10H16N5O9P. The predicted molar refractivity (Wildman–Crippen MR) is 78.8 cm³/mol. The van der Waals surface area contributed by atoms with Gasteiger partial charge in [0.2, 0.25) is 6.41 Å². The minimum atomic E-state index is -5.02. The summed E-state index contributed by atoms with van der Waals surface area (Å²) in [6.07, 6.45) is -5.71. The molecule has 1 aliphatic heterocycles. The molecular weight excluding hydrogens is 365 g/mol. The van der Waals surface area contributed by atoms with E-state index < -0.39 is 44.9 Å². The van der Waals surface area contributed by atoms with E-state index in [4.69, 9.17) is 25.4 Å². The largest absolute Gasteiger partial charge is 0.470 e. The summed E-state index contributed by atoms with van der Waals surface area (Å²) in [6, 6.07) is 0. The van der Waals surface area contributed by atoms with Crippen molar-refractivity contribution in [3.05, 3.63) is 5.82 Å². The van der Waals surface area contributed by atoms with Gasteiger partial charge in [0.05, 0.1) is 6.61 Å². The van der Waals surface area contributed by atoms with Gasteiger partial charge in [0.15, 0.2) is 17.9 Å². The van der Waals surface area contributed by atoms with Crippen LogP contribution in [-0.4, -0.2) is 73.4 Å². The van der Waals surface area contributed by atoms with Crippen molar-refractivity contribution in [2.75, 3.05) is 17.7 Å². The SMILES string of the molecule is Nc1[nH]c(C(=O)NC2O[C@H](CO)[C@@H](O)[C@H]2OP(=O)(O)O)nc1NC=O. The Balaban J connectivity index is 2.15. The maximum absolute atomic E-state index is 12.1. The zero-order valence-corrected chi connectivity index (χ0v) is 13.3. The van der Waals surface area contributed by atoms with Crippen molar-refractivity contribution in [1.29, 1.82) is 0 Å². The number of nitrogen functional groups attached to an aromatic ring is 1. The molecule has 1 fully saturated rings. The van der Waals surface area contributed by atoms with E-state index >= 15 is 0 Å². The van der Waals surface area contributed by atoms with E-state index in [0.29, 0.717) is 6.41 Å². The molecule has 1 aromatic heterocycles. The van der Waals surface area contributed by atoms with E-state index in [0.717, 1.165) is 0 Å². The number of amides is 2. The number of nitrogens with two attached hydrogens (primary N) is 1. The minimum Gasteiger partial charge on any atom is -0.394 e. The van der Waals surface area contributed by atoms with Crippen LogP contribution >= 0.6 is 7.82 Å². The number of phosphoric acid groups is 1. The topological polar surface area (TPSA) is 229 Å². The molecule has 2 heterocycles. The first kappa shape index (κ1) is 19.3. The third kappa shape index (κ3) is 4.52. The molecule has 1 saturated heterocycles. The van der Waals surface area contributed by atoms with Crippen molar-refractivity contribution in [2.24, 2.45) is 0 Å². The maximum atomic E-state index is 12.1. The summed E-state index contributed by atoms with van der Waals surface area (Å²) in [5.41, 5.74) is 5.50. The number of nitrogens with zero attached hydrogens (tertiary/aromatic N) is 1. The van der Waals surface area contributed by atoms with Crippen LogP contribution in [0.25, 0.3) is 0 Å². The average molecular weight is 381 g/mol. The minimum absolute atomic E-state index is 0.108. The summed E-state index contributed by atoms with van der Waals surface area (Å²) in [6.45, 7) is -0.685. The zero-order chi connectivity index (χ0) is 18.8. The first-order valence-corrected chi connectivity index (χ1v) is 8.24. The third-order valence-electron chi connectivity index (χ3n) is 3.19. The molecule has 15 heteroatoms. The van der Waals surface area contributed by atoms with Gasteiger partial charge < -0.3 is 46.1 Å². The number of rotatable bonds is 7. The Morgan fingerprint density at radius 1 is 1.52 bits per heavy atom. The Morgan fingerprint density at radius 2 is 2.20 bits per heavy atom. The van der Waals surface area contributed by atoms with E-state index in [1.807, 2.05) is 0 Å². The number of H-pyrrole nitrogens is 1. The van der Waals surface area contributed by atoms with Crippen LogP contribution < -0.4 is 16.4 Å². The van der Waals surface area contributed by atoms with E-state index in [1.54, 1.807) is 0 Å². The van der Waals surface area contributed by atoms with Crippen molar-refractivity contribution in [3.63, 3.8) is 0 Å². The van der Waals surface area contributed by atoms with E-state index in [1.165, 1.54) is 0 Å². The Kier molecular flexibility index (Phi) is 5.74. The summed E-state index contributed by atoms with van der Waals surface area (Å²) in [5.74, 6) is -1.49. The van der Waals surface area contributed by atoms with Crippen LogP contribution in [0, 0.1) is 0 Å². The lowest BCUT2D eigenvalue weighted by molar-refractivity contribution is -0.105. The summed E-state index contributed by atoms with van der Waals surface area (Å²) in [4.78, 5) is 46.4. The Labute approximate surface area is 139 Å². The van der Waals surface area contributed by atoms with Crippen molar-refractivity contribution >= 4 is 31.8 Å². The summed E-state index contributed by atoms with van der Waals surface area (Å²) >= 11 is 0. The Morgan fingerprint density at radius 3 is 2.76 bits per heavy atom. The fourth-order valence-corrected chi connectivity index (χ4v) is 2.69. The quantitative estimate of drug-likeness (QED) is 0.173. The number of aromatic amines is 1. The van der Waals surface area contributed by atoms with Gasteiger partial charge in [0, 0.05) is 0 Å². The number of carbonyl (C=O) groups excluding carboxylic acids is 2. The summed E-state index contributed by atoms with van der Waals surface area (Å²) < 4.78 is 20.5. The smallest absolute Gasteiger partial charge is 0.394 e. The molecule has 0 spiro atoms. The molecule has 4 atom stereocenters. The van der Waals surface area contributed by atoms with Crippen LogP contribution in [-0.2, 0) is 18.6 Å². The van der Waals surface area contributed by atoms with Crippen molar-refractivity contribution in [3.8, 4) is 0 Å². The van der Waals surface area contributed by atoms with Crippen molar-refractivity contribution in [2.45, 2.75) is 24.5 Å². The molecule has 0 aromatic carbocycles. The average Bonchev–Trinajstić information content (AvgIpc) is 3.01. The molecule has 2 rings (SSSR count). The van der Waals surface area contributed by atoms with Crippen LogP contribution in [0.4, 0.5) is 11.6 Å². The van der Waals surface area contributed by atoms with Gasteiger partial charge in [-0.3, -0.25) is 14.1 Å². The number of aliphatic hydroxyl groups excluding tert-OH is 2. The van der Waals surface area contributed by atoms with Crippen LogP contribution in [0.3, 0.4) is 0 Å². The fourth-order valence-electron chi connectivity index (χ4n) is 2.14. The lowest BCUT2D eigenvalue weighted by atomic mass is 10.1. The van der Waals surface area contributed by atoms with E-state index in [-0.39, 0.29) is 17.5 Å². The molecule has 140 valence electrons. The van der Waals surface area contributed by atoms with Gasteiger partial charge in [-0.15, -0.1) is 0 Å². The Bertz CT molecular complexity index is 690. The van der Waals surface area contributed by atoms with E-state index in [9.17, 15) is 19.3 Å². The molecule has 25 heavy (non-hydrogen) atoms. The van der Waals surface area contributed by atoms with Crippen LogP contribution in [0.15, 0.2) is 0 Å². The molecule has 0 saturated carbocycles. The normalized spacial score (nSPS) is 26.4. The lowest BCUT2D eigenvalue weighted by Gasteiger charge is -2.21. The standard InChI is InChI=1S/C10H16N5O9P/c11-6-7(12-2-17)14-8(13-6)9(19)15-10-5(24-25(20,21)22)4(18)3(1-16)23-10/h2-5,10,16,18H,1,11H2,(H,12,17)(H,13,14)(H,15,19)(H2,20,21,22)/t3-,4-,5-,10?/m1/s1. The van der Waals surface area contributed by atoms with Crippen molar-refractivity contribution < 1.29 is 43.4 Å². The highest BCUT2D eigenvalue weighted by Gasteiger charge is 2.48. The molecule has 1 aromatic rings. The van der Waals surface area contributed by atoms with Crippen molar-refractivity contribution in [1.82, 2.24) is 15.3 Å². The zero-order valence-electron chi connectivity index (χ0n) is 12.4. The number of aliphatic hydroxyl groups is 2. The summed E-state index contributed by atoms with van der Waals surface area (Å²) in [5, 5.41) is 23.3. The van der Waals surface area contributed by atoms with Crippen LogP contribution in [0.1, 0.15) is 10.6 Å². The highest BCUT2D eigenvalue weighted by atomic mass is 31.2. The number of aromatic nitrogens is 2. The van der Waals surface area contributed by atoms with Gasteiger partial charge in [0.25, 0.3) is 5.91 Å². The van der Waals surface area contributed by atoms with E-state index in [2.05, 4.69) is 25.1 Å². The number of imidazole rings is 1. The second-order valence-corrected chi connectivity index (χ2v) is 6.10. The maximum Gasteiger partial charge on any atom is 0.470 e. The van der Waals surface area contributed by atoms with Gasteiger partial charge in [-0.25, -0.2) is 9.55 Å². The van der Waals surface area contributed by atoms with Gasteiger partial charge in [0.1, 0.15) is 24.1 Å². The second-order valence-electron chi connectivity index (χ2n) is 4.91. The first-order valence-electron chi connectivity index (χ1n) is 6.71. The number of hydrogen-bond donors (Lipinski definition) is 8. The third-order valence-corrected chi connectivity index (χ3v) is 3.71. The lowest BCUT2D eigenvalue weighted by Crippen LogP contribution is -2.45. The molecule has 0 radical (unpaired) electrons. The molecule has 1 unspecified atom stereocenters. The number of phosphoric ester groups is 1. The monoisotopic (exact) mass is 381 g/mol. The molecule has 1 aliphatic rings. The number of hydrogen-bond acceptors (Lipinski definition) is 9.